The van der Waals surface area contributed by atoms with E-state index in [0.29, 0.717) is 6.54 Å². The van der Waals surface area contributed by atoms with Crippen LogP contribution in [0.1, 0.15) is 23.1 Å². The zero-order chi connectivity index (χ0) is 12.5. The average molecular weight is 241 g/mol. The largest absolute Gasteiger partial charge is 0.326 e. The molecule has 18 heavy (non-hydrogen) atoms. The highest BCUT2D eigenvalue weighted by Gasteiger charge is 2.13. The summed E-state index contributed by atoms with van der Waals surface area (Å²) >= 11 is 0. The average Bonchev–Trinajstić information content (AvgIpc) is 2.85. The topological polar surface area (TPSA) is 71.8 Å². The first-order chi connectivity index (χ1) is 8.78. The Morgan fingerprint density at radius 1 is 1.22 bits per heavy atom. The van der Waals surface area contributed by atoms with Crippen LogP contribution in [0.25, 0.3) is 11.3 Å². The number of H-pyrrole nitrogens is 1. The summed E-state index contributed by atoms with van der Waals surface area (Å²) in [6.45, 7) is 0.323. The van der Waals surface area contributed by atoms with Gasteiger partial charge in [-0.3, -0.25) is 4.79 Å². The van der Waals surface area contributed by atoms with Crippen LogP contribution in [0.2, 0.25) is 0 Å². The maximum atomic E-state index is 11.2. The Balaban J connectivity index is 2.12. The normalized spacial score (nSPS) is 13.6. The van der Waals surface area contributed by atoms with Crippen LogP contribution < -0.4 is 11.3 Å². The van der Waals surface area contributed by atoms with Gasteiger partial charge in [-0.2, -0.15) is 5.10 Å². The predicted octanol–water partition coefficient (Wildman–Crippen LogP) is 1.38. The van der Waals surface area contributed by atoms with Crippen LogP contribution in [0, 0.1) is 0 Å². The summed E-state index contributed by atoms with van der Waals surface area (Å²) in [6.07, 6.45) is 3.52. The number of nitrogens with two attached hydrogens (primary N) is 1. The van der Waals surface area contributed by atoms with Crippen LogP contribution >= 0.6 is 0 Å². The SMILES string of the molecule is NCc1cc(=O)[nH]nc1-c1ccc2c(c1)CCC2. The Morgan fingerprint density at radius 3 is 2.89 bits per heavy atom. The van der Waals surface area contributed by atoms with Gasteiger partial charge in [0.1, 0.15) is 0 Å². The number of nitrogens with one attached hydrogen (secondary N) is 1. The Kier molecular flexibility index (Phi) is 2.72. The molecule has 4 heteroatoms. The number of hydrogen-bond donors (Lipinski definition) is 2. The molecule has 2 aromatic rings. The van der Waals surface area contributed by atoms with E-state index < -0.39 is 0 Å². The minimum absolute atomic E-state index is 0.208. The van der Waals surface area contributed by atoms with E-state index >= 15 is 0 Å². The van der Waals surface area contributed by atoms with Gasteiger partial charge in [0, 0.05) is 18.2 Å². The van der Waals surface area contributed by atoms with Gasteiger partial charge in [-0.15, -0.1) is 0 Å². The van der Waals surface area contributed by atoms with E-state index in [-0.39, 0.29) is 5.56 Å². The van der Waals surface area contributed by atoms with E-state index in [9.17, 15) is 4.79 Å². The van der Waals surface area contributed by atoms with Crippen molar-refractivity contribution in [2.45, 2.75) is 25.8 Å². The third kappa shape index (κ3) is 1.84. The molecule has 0 radical (unpaired) electrons. The maximum Gasteiger partial charge on any atom is 0.264 e. The molecule has 4 nitrogen and oxygen atoms in total. The van der Waals surface area contributed by atoms with Crippen molar-refractivity contribution in [1.29, 1.82) is 0 Å². The molecule has 1 aromatic heterocycles. The minimum Gasteiger partial charge on any atom is -0.326 e. The maximum absolute atomic E-state index is 11.2. The van der Waals surface area contributed by atoms with Crippen LogP contribution in [0.5, 0.6) is 0 Å². The van der Waals surface area contributed by atoms with E-state index in [1.165, 1.54) is 30.0 Å². The number of hydrogen-bond acceptors (Lipinski definition) is 3. The van der Waals surface area contributed by atoms with Crippen molar-refractivity contribution >= 4 is 0 Å². The first kappa shape index (κ1) is 11.2. The van der Waals surface area contributed by atoms with Crippen molar-refractivity contribution < 1.29 is 0 Å². The minimum atomic E-state index is -0.208. The molecule has 3 N–H and O–H groups in total. The van der Waals surface area contributed by atoms with Gasteiger partial charge in [-0.1, -0.05) is 12.1 Å². The zero-order valence-electron chi connectivity index (χ0n) is 10.1. The molecule has 0 fully saturated rings. The lowest BCUT2D eigenvalue weighted by Crippen LogP contribution is -2.12. The van der Waals surface area contributed by atoms with Crippen molar-refractivity contribution in [2.24, 2.45) is 5.73 Å². The van der Waals surface area contributed by atoms with Crippen molar-refractivity contribution in [2.75, 3.05) is 0 Å². The lowest BCUT2D eigenvalue weighted by Gasteiger charge is -2.07. The molecule has 1 aliphatic rings. The molecule has 1 aliphatic carbocycles. The van der Waals surface area contributed by atoms with Crippen LogP contribution in [0.3, 0.4) is 0 Å². The Labute approximate surface area is 105 Å². The van der Waals surface area contributed by atoms with Gasteiger partial charge in [0.25, 0.3) is 5.56 Å². The van der Waals surface area contributed by atoms with Gasteiger partial charge in [0.15, 0.2) is 0 Å². The first-order valence-corrected chi connectivity index (χ1v) is 6.19. The summed E-state index contributed by atoms with van der Waals surface area (Å²) in [4.78, 5) is 11.2. The highest BCUT2D eigenvalue weighted by Crippen LogP contribution is 2.28. The second-order valence-electron chi connectivity index (χ2n) is 4.65. The molecule has 0 saturated heterocycles. The fraction of sp³-hybridized carbons (Fsp3) is 0.286. The zero-order valence-corrected chi connectivity index (χ0v) is 10.1. The molecular formula is C14H15N3O. The molecule has 0 bridgehead atoms. The van der Waals surface area contributed by atoms with Gasteiger partial charge in [0.2, 0.25) is 0 Å². The summed E-state index contributed by atoms with van der Waals surface area (Å²) in [5.41, 5.74) is 10.9. The van der Waals surface area contributed by atoms with Crippen LogP contribution in [0.4, 0.5) is 0 Å². The van der Waals surface area contributed by atoms with Crippen LogP contribution in [-0.2, 0) is 19.4 Å². The predicted molar refractivity (Wildman–Crippen MR) is 70.2 cm³/mol. The number of aryl methyl sites for hydroxylation is 2. The number of aromatic nitrogens is 2. The van der Waals surface area contributed by atoms with E-state index in [4.69, 9.17) is 5.73 Å². The fourth-order valence-corrected chi connectivity index (χ4v) is 2.57. The summed E-state index contributed by atoms with van der Waals surface area (Å²) in [7, 11) is 0. The lowest BCUT2D eigenvalue weighted by molar-refractivity contribution is 0.911. The van der Waals surface area contributed by atoms with Gasteiger partial charge in [-0.05, 0) is 42.0 Å². The first-order valence-electron chi connectivity index (χ1n) is 6.19. The van der Waals surface area contributed by atoms with Crippen LogP contribution in [-0.4, -0.2) is 10.2 Å². The van der Waals surface area contributed by atoms with Crippen molar-refractivity contribution in [3.8, 4) is 11.3 Å². The highest BCUT2D eigenvalue weighted by atomic mass is 16.1. The van der Waals surface area contributed by atoms with Gasteiger partial charge < -0.3 is 5.73 Å². The number of nitrogens with zero attached hydrogens (tertiary/aromatic N) is 1. The highest BCUT2D eigenvalue weighted by molar-refractivity contribution is 5.64. The summed E-state index contributed by atoms with van der Waals surface area (Å²) < 4.78 is 0. The van der Waals surface area contributed by atoms with E-state index in [2.05, 4.69) is 28.4 Å². The Bertz CT molecular complexity index is 646. The number of aromatic amines is 1. The number of benzene rings is 1. The van der Waals surface area contributed by atoms with E-state index in [1.807, 2.05) is 0 Å². The molecule has 0 amide bonds. The number of rotatable bonds is 2. The molecule has 0 spiro atoms. The lowest BCUT2D eigenvalue weighted by atomic mass is 10.0. The van der Waals surface area contributed by atoms with Crippen molar-refractivity contribution in [1.82, 2.24) is 10.2 Å². The van der Waals surface area contributed by atoms with E-state index in [0.717, 1.165) is 23.2 Å². The Hall–Kier alpha value is -1.94. The molecule has 3 rings (SSSR count). The monoisotopic (exact) mass is 241 g/mol. The van der Waals surface area contributed by atoms with Gasteiger partial charge >= 0.3 is 0 Å². The molecule has 0 atom stereocenters. The molecule has 1 heterocycles. The molecule has 92 valence electrons. The number of fused-ring (bicyclic) bond motifs is 1. The molecule has 0 saturated carbocycles. The van der Waals surface area contributed by atoms with Crippen molar-refractivity contribution in [3.63, 3.8) is 0 Å². The van der Waals surface area contributed by atoms with E-state index in [1.54, 1.807) is 0 Å². The fourth-order valence-electron chi connectivity index (χ4n) is 2.57. The Morgan fingerprint density at radius 2 is 2.06 bits per heavy atom. The third-order valence-corrected chi connectivity index (χ3v) is 3.48. The second-order valence-corrected chi connectivity index (χ2v) is 4.65. The summed E-state index contributed by atoms with van der Waals surface area (Å²) in [5.74, 6) is 0. The third-order valence-electron chi connectivity index (χ3n) is 3.48. The molecular weight excluding hydrogens is 226 g/mol. The molecule has 0 unspecified atom stereocenters. The smallest absolute Gasteiger partial charge is 0.264 e. The summed E-state index contributed by atoms with van der Waals surface area (Å²) in [5, 5.41) is 6.61. The van der Waals surface area contributed by atoms with Crippen molar-refractivity contribution in [3.05, 3.63) is 51.3 Å². The molecule has 1 aromatic carbocycles. The second kappa shape index (κ2) is 4.38. The summed E-state index contributed by atoms with van der Waals surface area (Å²) in [6, 6.07) is 7.91. The molecule has 0 aliphatic heterocycles. The van der Waals surface area contributed by atoms with Gasteiger partial charge in [0.05, 0.1) is 5.69 Å². The van der Waals surface area contributed by atoms with Gasteiger partial charge in [-0.25, -0.2) is 5.10 Å². The van der Waals surface area contributed by atoms with Crippen LogP contribution in [0.15, 0.2) is 29.1 Å². The quantitative estimate of drug-likeness (QED) is 0.834. The standard InChI is InChI=1S/C14H15N3O/c15-8-12-7-13(18)16-17-14(12)11-5-4-9-2-1-3-10(9)6-11/h4-7H,1-3,8,15H2,(H,16,18).